The molecule has 0 unspecified atom stereocenters. The highest BCUT2D eigenvalue weighted by atomic mass is 16.5. The van der Waals surface area contributed by atoms with Crippen LogP contribution in [0, 0.1) is 6.92 Å². The zero-order chi connectivity index (χ0) is 16.1. The summed E-state index contributed by atoms with van der Waals surface area (Å²) in [6.45, 7) is 1.95. The number of hydrogen-bond acceptors (Lipinski definition) is 3. The number of ether oxygens (including phenoxy) is 1. The van der Waals surface area contributed by atoms with Gasteiger partial charge in [0.15, 0.2) is 0 Å². The first-order valence-corrected chi connectivity index (χ1v) is 7.28. The summed E-state index contributed by atoms with van der Waals surface area (Å²) in [5.74, 6) is 1.77. The summed E-state index contributed by atoms with van der Waals surface area (Å²) in [5, 5.41) is 2.76. The van der Waals surface area contributed by atoms with E-state index >= 15 is 0 Å². The number of carbonyl (C=O) groups excluding carboxylic acids is 1. The molecule has 0 saturated heterocycles. The molecule has 4 nitrogen and oxygen atoms in total. The van der Waals surface area contributed by atoms with Gasteiger partial charge in [-0.3, -0.25) is 4.79 Å². The van der Waals surface area contributed by atoms with E-state index in [-0.39, 0.29) is 5.91 Å². The van der Waals surface area contributed by atoms with E-state index in [2.05, 4.69) is 10.3 Å². The largest absolute Gasteiger partial charge is 0.457 e. The summed E-state index contributed by atoms with van der Waals surface area (Å²) in [4.78, 5) is 16.3. The molecule has 0 aliphatic carbocycles. The normalized spacial score (nSPS) is 10.1. The van der Waals surface area contributed by atoms with Gasteiger partial charge in [0, 0.05) is 11.8 Å². The van der Waals surface area contributed by atoms with Crippen molar-refractivity contribution in [2.45, 2.75) is 6.92 Å². The highest BCUT2D eigenvalue weighted by Gasteiger charge is 2.07. The Morgan fingerprint density at radius 2 is 1.61 bits per heavy atom. The van der Waals surface area contributed by atoms with E-state index in [4.69, 9.17) is 4.74 Å². The van der Waals surface area contributed by atoms with Crippen LogP contribution in [-0.2, 0) is 0 Å². The number of benzene rings is 2. The molecular formula is C19H16N2O2. The molecule has 0 radical (unpaired) electrons. The molecule has 3 rings (SSSR count). The molecule has 4 heteroatoms. The Morgan fingerprint density at radius 3 is 2.26 bits per heavy atom. The Bertz CT molecular complexity index is 782. The Kier molecular flexibility index (Phi) is 4.34. The third-order valence-electron chi connectivity index (χ3n) is 3.25. The quantitative estimate of drug-likeness (QED) is 0.775. The second-order valence-corrected chi connectivity index (χ2v) is 5.11. The van der Waals surface area contributed by atoms with E-state index in [1.807, 2.05) is 43.3 Å². The van der Waals surface area contributed by atoms with Crippen molar-refractivity contribution in [1.29, 1.82) is 0 Å². The first-order valence-electron chi connectivity index (χ1n) is 7.28. The number of aromatic nitrogens is 1. The number of pyridine rings is 1. The van der Waals surface area contributed by atoms with E-state index < -0.39 is 0 Å². The molecule has 1 N–H and O–H groups in total. The zero-order valence-electron chi connectivity index (χ0n) is 12.7. The summed E-state index contributed by atoms with van der Waals surface area (Å²) in [6.07, 6.45) is 1.71. The Morgan fingerprint density at radius 1 is 0.913 bits per heavy atom. The zero-order valence-corrected chi connectivity index (χ0v) is 12.7. The van der Waals surface area contributed by atoms with Gasteiger partial charge in [0.1, 0.15) is 17.3 Å². The summed E-state index contributed by atoms with van der Waals surface area (Å²) in [7, 11) is 0. The lowest BCUT2D eigenvalue weighted by Crippen LogP contribution is -2.12. The minimum atomic E-state index is -0.201. The molecule has 0 bridgehead atoms. The minimum absolute atomic E-state index is 0.201. The average Bonchev–Trinajstić information content (AvgIpc) is 2.58. The van der Waals surface area contributed by atoms with Crippen LogP contribution in [0.15, 0.2) is 72.9 Å². The van der Waals surface area contributed by atoms with Crippen molar-refractivity contribution in [2.24, 2.45) is 0 Å². The van der Waals surface area contributed by atoms with Gasteiger partial charge < -0.3 is 10.1 Å². The first-order chi connectivity index (χ1) is 11.2. The van der Waals surface area contributed by atoms with E-state index in [1.54, 1.807) is 36.5 Å². The first kappa shape index (κ1) is 14.8. The van der Waals surface area contributed by atoms with Crippen LogP contribution in [0.5, 0.6) is 11.5 Å². The van der Waals surface area contributed by atoms with Gasteiger partial charge >= 0.3 is 0 Å². The van der Waals surface area contributed by atoms with Gasteiger partial charge in [0.2, 0.25) is 0 Å². The Labute approximate surface area is 134 Å². The van der Waals surface area contributed by atoms with Crippen molar-refractivity contribution in [3.05, 3.63) is 84.1 Å². The Balaban J connectivity index is 1.66. The van der Waals surface area contributed by atoms with Crippen LogP contribution in [0.2, 0.25) is 0 Å². The number of nitrogens with one attached hydrogen (secondary N) is 1. The maximum Gasteiger partial charge on any atom is 0.256 e. The fourth-order valence-corrected chi connectivity index (χ4v) is 2.03. The molecule has 0 spiro atoms. The van der Waals surface area contributed by atoms with Crippen LogP contribution in [0.25, 0.3) is 0 Å². The number of nitrogens with zero attached hydrogens (tertiary/aromatic N) is 1. The van der Waals surface area contributed by atoms with Crippen molar-refractivity contribution < 1.29 is 9.53 Å². The molecule has 1 aromatic heterocycles. The number of amides is 1. The van der Waals surface area contributed by atoms with Crippen molar-refractivity contribution in [2.75, 3.05) is 5.32 Å². The topological polar surface area (TPSA) is 51.2 Å². The highest BCUT2D eigenvalue weighted by molar-refractivity contribution is 6.03. The lowest BCUT2D eigenvalue weighted by Gasteiger charge is -2.07. The van der Waals surface area contributed by atoms with Gasteiger partial charge in [0.25, 0.3) is 5.91 Å². The van der Waals surface area contributed by atoms with Gasteiger partial charge in [-0.25, -0.2) is 4.98 Å². The molecule has 0 aliphatic rings. The SMILES string of the molecule is Cc1ccc(NC(=O)c2ccc(Oc3ccccc3)cc2)nc1. The number of hydrogen-bond donors (Lipinski definition) is 1. The number of para-hydroxylation sites is 1. The molecule has 23 heavy (non-hydrogen) atoms. The maximum atomic E-state index is 12.2. The predicted octanol–water partition coefficient (Wildman–Crippen LogP) is 4.43. The lowest BCUT2D eigenvalue weighted by molar-refractivity contribution is 0.102. The van der Waals surface area contributed by atoms with Crippen LogP contribution >= 0.6 is 0 Å². The predicted molar refractivity (Wildman–Crippen MR) is 89.9 cm³/mol. The van der Waals surface area contributed by atoms with Crippen molar-refractivity contribution in [1.82, 2.24) is 4.98 Å². The standard InChI is InChI=1S/C19H16N2O2/c1-14-7-12-18(20-13-14)21-19(22)15-8-10-17(11-9-15)23-16-5-3-2-4-6-16/h2-13H,1H3,(H,20,21,22). The number of aryl methyl sites for hydroxylation is 1. The molecule has 0 fully saturated rings. The average molecular weight is 304 g/mol. The molecule has 0 saturated carbocycles. The van der Waals surface area contributed by atoms with Gasteiger partial charge in [-0.05, 0) is 55.0 Å². The number of carbonyl (C=O) groups is 1. The van der Waals surface area contributed by atoms with Crippen LogP contribution < -0.4 is 10.1 Å². The molecule has 114 valence electrons. The van der Waals surface area contributed by atoms with Crippen molar-refractivity contribution in [3.63, 3.8) is 0 Å². The third-order valence-corrected chi connectivity index (χ3v) is 3.25. The molecule has 0 aliphatic heterocycles. The monoisotopic (exact) mass is 304 g/mol. The third kappa shape index (κ3) is 3.95. The van der Waals surface area contributed by atoms with E-state index in [0.29, 0.717) is 17.1 Å². The summed E-state index contributed by atoms with van der Waals surface area (Å²) >= 11 is 0. The molecule has 0 atom stereocenters. The molecule has 3 aromatic rings. The van der Waals surface area contributed by atoms with E-state index in [1.165, 1.54) is 0 Å². The van der Waals surface area contributed by atoms with Crippen molar-refractivity contribution in [3.8, 4) is 11.5 Å². The summed E-state index contributed by atoms with van der Waals surface area (Å²) < 4.78 is 5.70. The van der Waals surface area contributed by atoms with Gasteiger partial charge in [-0.2, -0.15) is 0 Å². The van der Waals surface area contributed by atoms with Gasteiger partial charge in [-0.15, -0.1) is 0 Å². The molecular weight excluding hydrogens is 288 g/mol. The summed E-state index contributed by atoms with van der Waals surface area (Å²) in [6, 6.07) is 20.2. The van der Waals surface area contributed by atoms with Crippen molar-refractivity contribution >= 4 is 11.7 Å². The van der Waals surface area contributed by atoms with Gasteiger partial charge in [-0.1, -0.05) is 24.3 Å². The van der Waals surface area contributed by atoms with Gasteiger partial charge in [0.05, 0.1) is 0 Å². The second kappa shape index (κ2) is 6.75. The second-order valence-electron chi connectivity index (χ2n) is 5.11. The smallest absolute Gasteiger partial charge is 0.256 e. The number of anilines is 1. The van der Waals surface area contributed by atoms with Crippen LogP contribution in [-0.4, -0.2) is 10.9 Å². The Hall–Kier alpha value is -3.14. The molecule has 2 aromatic carbocycles. The van der Waals surface area contributed by atoms with E-state index in [9.17, 15) is 4.79 Å². The highest BCUT2D eigenvalue weighted by Crippen LogP contribution is 2.21. The fourth-order valence-electron chi connectivity index (χ4n) is 2.03. The van der Waals surface area contributed by atoms with Crippen LogP contribution in [0.4, 0.5) is 5.82 Å². The molecule has 1 heterocycles. The maximum absolute atomic E-state index is 12.2. The minimum Gasteiger partial charge on any atom is -0.457 e. The fraction of sp³-hybridized carbons (Fsp3) is 0.0526. The molecule has 1 amide bonds. The lowest BCUT2D eigenvalue weighted by atomic mass is 10.2. The number of rotatable bonds is 4. The van der Waals surface area contributed by atoms with E-state index in [0.717, 1.165) is 11.3 Å². The summed E-state index contributed by atoms with van der Waals surface area (Å²) in [5.41, 5.74) is 1.60. The van der Waals surface area contributed by atoms with Crippen LogP contribution in [0.3, 0.4) is 0 Å². The van der Waals surface area contributed by atoms with Crippen LogP contribution in [0.1, 0.15) is 15.9 Å².